The number of methoxy groups -OCH3 is 2. The lowest BCUT2D eigenvalue weighted by Gasteiger charge is -2.28. The molecule has 0 saturated carbocycles. The van der Waals surface area contributed by atoms with Gasteiger partial charge in [0, 0.05) is 14.2 Å². The van der Waals surface area contributed by atoms with Crippen molar-refractivity contribution in [2.24, 2.45) is 0 Å². The SMILES string of the molecule is CCOC(=O)c1ccc(N2C(=O)CC(N(CC(OC)OC)S(=O)(=O)c3cccs3)C2=O)cc1. The molecule has 3 rings (SSSR count). The number of carbonyl (C=O) groups excluding carboxylic acids is 3. The Balaban J connectivity index is 1.93. The van der Waals surface area contributed by atoms with E-state index in [0.29, 0.717) is 0 Å². The van der Waals surface area contributed by atoms with Crippen molar-refractivity contribution in [1.82, 2.24) is 4.31 Å². The fourth-order valence-electron chi connectivity index (χ4n) is 3.38. The highest BCUT2D eigenvalue weighted by atomic mass is 32.2. The maximum absolute atomic E-state index is 13.3. The maximum atomic E-state index is 13.3. The van der Waals surface area contributed by atoms with Gasteiger partial charge >= 0.3 is 5.97 Å². The van der Waals surface area contributed by atoms with Gasteiger partial charge in [-0.15, -0.1) is 11.3 Å². The lowest BCUT2D eigenvalue weighted by Crippen LogP contribution is -2.48. The van der Waals surface area contributed by atoms with E-state index in [9.17, 15) is 22.8 Å². The van der Waals surface area contributed by atoms with Crippen LogP contribution >= 0.6 is 11.3 Å². The number of ether oxygens (including phenoxy) is 3. The molecule has 1 aromatic heterocycles. The minimum absolute atomic E-state index is 0.0333. The zero-order chi connectivity index (χ0) is 24.2. The molecule has 33 heavy (non-hydrogen) atoms. The molecule has 1 aliphatic rings. The van der Waals surface area contributed by atoms with Crippen LogP contribution in [0.3, 0.4) is 0 Å². The van der Waals surface area contributed by atoms with Crippen LogP contribution in [0.15, 0.2) is 46.0 Å². The fraction of sp³-hybridized carbons (Fsp3) is 0.381. The molecule has 2 aromatic rings. The first kappa shape index (κ1) is 25.0. The van der Waals surface area contributed by atoms with Crippen molar-refractivity contribution in [2.45, 2.75) is 29.9 Å². The number of nitrogens with zero attached hydrogens (tertiary/aromatic N) is 2. The van der Waals surface area contributed by atoms with Crippen molar-refractivity contribution in [3.63, 3.8) is 0 Å². The Morgan fingerprint density at radius 1 is 1.18 bits per heavy atom. The van der Waals surface area contributed by atoms with Crippen molar-refractivity contribution in [3.05, 3.63) is 47.3 Å². The molecule has 10 nitrogen and oxygen atoms in total. The van der Waals surface area contributed by atoms with Crippen LogP contribution in [0.1, 0.15) is 23.7 Å². The van der Waals surface area contributed by atoms with Crippen LogP contribution in [0.5, 0.6) is 0 Å². The number of carbonyl (C=O) groups is 3. The second kappa shape index (κ2) is 10.5. The molecule has 0 radical (unpaired) electrons. The van der Waals surface area contributed by atoms with Crippen LogP contribution in [-0.2, 0) is 33.8 Å². The highest BCUT2D eigenvalue weighted by Gasteiger charge is 2.47. The van der Waals surface area contributed by atoms with Gasteiger partial charge < -0.3 is 14.2 Å². The smallest absolute Gasteiger partial charge is 0.338 e. The second-order valence-corrected chi connectivity index (χ2v) is 10.0. The highest BCUT2D eigenvalue weighted by Crippen LogP contribution is 2.31. The Morgan fingerprint density at radius 3 is 2.39 bits per heavy atom. The molecule has 0 bridgehead atoms. The summed E-state index contributed by atoms with van der Waals surface area (Å²) < 4.78 is 42.9. The average Bonchev–Trinajstić information content (AvgIpc) is 3.44. The van der Waals surface area contributed by atoms with Crippen molar-refractivity contribution in [1.29, 1.82) is 0 Å². The van der Waals surface area contributed by atoms with E-state index in [1.165, 1.54) is 44.6 Å². The summed E-state index contributed by atoms with van der Waals surface area (Å²) in [5, 5.41) is 1.61. The lowest BCUT2D eigenvalue weighted by atomic mass is 10.2. The van der Waals surface area contributed by atoms with Crippen molar-refractivity contribution in [3.8, 4) is 0 Å². The molecule has 0 spiro atoms. The fourth-order valence-corrected chi connectivity index (χ4v) is 6.07. The van der Waals surface area contributed by atoms with Crippen LogP contribution < -0.4 is 4.90 Å². The van der Waals surface area contributed by atoms with Crippen molar-refractivity contribution in [2.75, 3.05) is 32.3 Å². The molecular weight excluding hydrogens is 472 g/mol. The topological polar surface area (TPSA) is 120 Å². The normalized spacial score (nSPS) is 16.8. The van der Waals surface area contributed by atoms with Gasteiger partial charge in [0.2, 0.25) is 5.91 Å². The lowest BCUT2D eigenvalue weighted by molar-refractivity contribution is -0.125. The molecule has 1 unspecified atom stereocenters. The van der Waals surface area contributed by atoms with E-state index in [1.807, 2.05) is 0 Å². The largest absolute Gasteiger partial charge is 0.462 e. The number of hydrogen-bond acceptors (Lipinski definition) is 9. The zero-order valence-electron chi connectivity index (χ0n) is 18.3. The molecule has 178 valence electrons. The van der Waals surface area contributed by atoms with E-state index in [0.717, 1.165) is 20.5 Å². The van der Waals surface area contributed by atoms with Crippen LogP contribution in [0.2, 0.25) is 0 Å². The van der Waals surface area contributed by atoms with Gasteiger partial charge in [-0.2, -0.15) is 4.31 Å². The number of esters is 1. The summed E-state index contributed by atoms with van der Waals surface area (Å²) in [6.45, 7) is 1.61. The Hall–Kier alpha value is -2.64. The third kappa shape index (κ3) is 5.14. The number of thiophene rings is 1. The summed E-state index contributed by atoms with van der Waals surface area (Å²) in [4.78, 5) is 38.9. The zero-order valence-corrected chi connectivity index (χ0v) is 19.9. The van der Waals surface area contributed by atoms with Gasteiger partial charge in [-0.25, -0.2) is 18.1 Å². The number of sulfonamides is 1. The summed E-state index contributed by atoms with van der Waals surface area (Å²) in [5.74, 6) is -1.79. The number of hydrogen-bond donors (Lipinski definition) is 0. The van der Waals surface area contributed by atoms with Gasteiger partial charge in [0.15, 0.2) is 6.29 Å². The molecule has 2 amide bonds. The highest BCUT2D eigenvalue weighted by molar-refractivity contribution is 7.91. The molecule has 2 heterocycles. The van der Waals surface area contributed by atoms with Gasteiger partial charge in [-0.3, -0.25) is 9.59 Å². The van der Waals surface area contributed by atoms with E-state index >= 15 is 0 Å². The molecule has 1 saturated heterocycles. The maximum Gasteiger partial charge on any atom is 0.338 e. The average molecular weight is 497 g/mol. The molecule has 0 aliphatic carbocycles. The minimum Gasteiger partial charge on any atom is -0.462 e. The predicted molar refractivity (Wildman–Crippen MR) is 119 cm³/mol. The Labute approximate surface area is 195 Å². The summed E-state index contributed by atoms with van der Waals surface area (Å²) in [6, 6.07) is 7.49. The number of anilines is 1. The van der Waals surface area contributed by atoms with E-state index in [2.05, 4.69) is 0 Å². The molecule has 1 aliphatic heterocycles. The van der Waals surface area contributed by atoms with E-state index in [1.54, 1.807) is 18.4 Å². The van der Waals surface area contributed by atoms with E-state index < -0.39 is 40.1 Å². The Bertz CT molecular complexity index is 1100. The van der Waals surface area contributed by atoms with Gasteiger partial charge in [0.1, 0.15) is 10.3 Å². The summed E-state index contributed by atoms with van der Waals surface area (Å²) in [5.41, 5.74) is 0.491. The van der Waals surface area contributed by atoms with E-state index in [4.69, 9.17) is 14.2 Å². The third-order valence-electron chi connectivity index (χ3n) is 5.02. The first-order valence-electron chi connectivity index (χ1n) is 9.99. The predicted octanol–water partition coefficient (Wildman–Crippen LogP) is 1.87. The van der Waals surface area contributed by atoms with Crippen LogP contribution in [0.25, 0.3) is 0 Å². The van der Waals surface area contributed by atoms with Gasteiger partial charge in [0.05, 0.1) is 30.8 Å². The number of amides is 2. The molecule has 1 aromatic carbocycles. The van der Waals surface area contributed by atoms with Gasteiger partial charge in [0.25, 0.3) is 15.9 Å². The van der Waals surface area contributed by atoms with E-state index in [-0.39, 0.29) is 35.0 Å². The summed E-state index contributed by atoms with van der Waals surface area (Å²) in [7, 11) is -1.41. The Morgan fingerprint density at radius 2 is 1.85 bits per heavy atom. The first-order chi connectivity index (χ1) is 15.7. The monoisotopic (exact) mass is 496 g/mol. The standard InChI is InChI=1S/C21H24N2O8S2/c1-4-31-21(26)14-7-9-15(10-8-14)23-17(24)12-16(20(23)25)22(13-18(29-2)30-3)33(27,28)19-6-5-11-32-19/h5-11,16,18H,4,12-13H2,1-3H3. The minimum atomic E-state index is -4.11. The van der Waals surface area contributed by atoms with Crippen LogP contribution in [0.4, 0.5) is 5.69 Å². The van der Waals surface area contributed by atoms with Crippen molar-refractivity contribution < 1.29 is 37.0 Å². The second-order valence-electron chi connectivity index (χ2n) is 6.96. The van der Waals surface area contributed by atoms with Gasteiger partial charge in [-0.1, -0.05) is 6.07 Å². The van der Waals surface area contributed by atoms with Gasteiger partial charge in [-0.05, 0) is 42.6 Å². The number of imide groups is 1. The summed E-state index contributed by atoms with van der Waals surface area (Å²) >= 11 is 1.00. The third-order valence-corrected chi connectivity index (χ3v) is 8.27. The Kier molecular flexibility index (Phi) is 7.97. The molecule has 12 heteroatoms. The number of rotatable bonds is 10. The molecular formula is C21H24N2O8S2. The quantitative estimate of drug-likeness (QED) is 0.278. The number of benzene rings is 1. The van der Waals surface area contributed by atoms with Crippen LogP contribution in [0, 0.1) is 0 Å². The molecule has 1 atom stereocenters. The molecule has 0 N–H and O–H groups in total. The summed E-state index contributed by atoms with van der Waals surface area (Å²) in [6.07, 6.45) is -1.29. The van der Waals surface area contributed by atoms with Crippen LogP contribution in [-0.4, -0.2) is 70.2 Å². The molecule has 1 fully saturated rings. The first-order valence-corrected chi connectivity index (χ1v) is 12.3. The van der Waals surface area contributed by atoms with Crippen molar-refractivity contribution >= 4 is 44.8 Å².